The van der Waals surface area contributed by atoms with Gasteiger partial charge >= 0.3 is 0 Å². The molecule has 0 aliphatic heterocycles. The van der Waals surface area contributed by atoms with Gasteiger partial charge in [-0.2, -0.15) is 0 Å². The van der Waals surface area contributed by atoms with Gasteiger partial charge in [-0.3, -0.25) is 0 Å². The predicted octanol–water partition coefficient (Wildman–Crippen LogP) is 3.24. The van der Waals surface area contributed by atoms with Crippen molar-refractivity contribution in [2.45, 2.75) is 39.5 Å². The largest absolute Gasteiger partial charge is 0.396 e. The van der Waals surface area contributed by atoms with E-state index in [1.165, 1.54) is 42.5 Å². The van der Waals surface area contributed by atoms with Crippen LogP contribution in [0.3, 0.4) is 0 Å². The second-order valence-corrected chi connectivity index (χ2v) is 5.76. The summed E-state index contributed by atoms with van der Waals surface area (Å²) in [4.78, 5) is 0. The third-order valence-electron chi connectivity index (χ3n) is 4.09. The van der Waals surface area contributed by atoms with Gasteiger partial charge in [0.25, 0.3) is 0 Å². The molecule has 1 aromatic carbocycles. The zero-order valence-corrected chi connectivity index (χ0v) is 11.6. The summed E-state index contributed by atoms with van der Waals surface area (Å²) in [6.07, 6.45) is 5.11. The molecule has 2 N–H and O–H groups in total. The van der Waals surface area contributed by atoms with Crippen molar-refractivity contribution in [1.29, 1.82) is 0 Å². The third kappa shape index (κ3) is 3.26. The number of hydrogen-bond acceptors (Lipinski definition) is 2. The minimum absolute atomic E-state index is 0.260. The molecule has 1 aliphatic rings. The number of hydrogen-bond donors (Lipinski definition) is 2. The van der Waals surface area contributed by atoms with Crippen LogP contribution in [0.2, 0.25) is 0 Å². The number of aryl methyl sites for hydroxylation is 2. The summed E-state index contributed by atoms with van der Waals surface area (Å²) in [5, 5.41) is 12.8. The van der Waals surface area contributed by atoms with Crippen LogP contribution in [-0.4, -0.2) is 18.3 Å². The topological polar surface area (TPSA) is 32.3 Å². The van der Waals surface area contributed by atoms with Crippen molar-refractivity contribution in [1.82, 2.24) is 0 Å². The molecule has 0 aromatic heterocycles. The van der Waals surface area contributed by atoms with Gasteiger partial charge in [-0.15, -0.1) is 0 Å². The number of anilines is 1. The molecule has 1 atom stereocenters. The van der Waals surface area contributed by atoms with Gasteiger partial charge in [0.2, 0.25) is 0 Å². The monoisotopic (exact) mass is 247 g/mol. The Hall–Kier alpha value is -1.02. The molecule has 1 aliphatic carbocycles. The molecule has 0 spiro atoms. The second kappa shape index (κ2) is 6.24. The van der Waals surface area contributed by atoms with E-state index in [0.717, 1.165) is 6.54 Å². The molecule has 2 heteroatoms. The molecule has 18 heavy (non-hydrogen) atoms. The minimum atomic E-state index is 0.260. The number of aliphatic hydroxyl groups excluding tert-OH is 1. The highest BCUT2D eigenvalue weighted by Crippen LogP contribution is 2.24. The molecule has 0 fully saturated rings. The highest BCUT2D eigenvalue weighted by atomic mass is 16.3. The summed E-state index contributed by atoms with van der Waals surface area (Å²) in [6.45, 7) is 5.44. The average Bonchev–Trinajstić information content (AvgIpc) is 2.39. The van der Waals surface area contributed by atoms with E-state index < -0.39 is 0 Å². The van der Waals surface area contributed by atoms with Crippen LogP contribution in [0.5, 0.6) is 0 Å². The lowest BCUT2D eigenvalue weighted by atomic mass is 9.91. The molecule has 0 heterocycles. The third-order valence-corrected chi connectivity index (χ3v) is 4.09. The maximum absolute atomic E-state index is 9.33. The quantitative estimate of drug-likeness (QED) is 0.837. The van der Waals surface area contributed by atoms with E-state index in [0.29, 0.717) is 11.8 Å². The summed E-state index contributed by atoms with van der Waals surface area (Å²) in [5.41, 5.74) is 4.24. The van der Waals surface area contributed by atoms with Gasteiger partial charge < -0.3 is 10.4 Å². The standard InChI is InChI=1S/C16H25NO/c1-12(2)15(11-18)10-17-16-8-7-13-5-3-4-6-14(13)9-16/h7-9,12,15,17-18H,3-6,10-11H2,1-2H3. The Kier molecular flexibility index (Phi) is 4.65. The Labute approximate surface area is 110 Å². The van der Waals surface area contributed by atoms with Gasteiger partial charge in [0.15, 0.2) is 0 Å². The summed E-state index contributed by atoms with van der Waals surface area (Å²) in [6, 6.07) is 6.74. The van der Waals surface area contributed by atoms with Crippen molar-refractivity contribution in [3.63, 3.8) is 0 Å². The lowest BCUT2D eigenvalue weighted by molar-refractivity contribution is 0.198. The molecule has 0 bridgehead atoms. The van der Waals surface area contributed by atoms with E-state index in [-0.39, 0.29) is 6.61 Å². The second-order valence-electron chi connectivity index (χ2n) is 5.76. The van der Waals surface area contributed by atoms with E-state index in [9.17, 15) is 5.11 Å². The van der Waals surface area contributed by atoms with Crippen LogP contribution in [0.1, 0.15) is 37.8 Å². The molecule has 0 saturated heterocycles. The predicted molar refractivity (Wildman–Crippen MR) is 77.0 cm³/mol. The van der Waals surface area contributed by atoms with Gasteiger partial charge in [0.1, 0.15) is 0 Å². The van der Waals surface area contributed by atoms with Crippen LogP contribution in [-0.2, 0) is 12.8 Å². The van der Waals surface area contributed by atoms with Gasteiger partial charge in [-0.25, -0.2) is 0 Å². The molecular weight excluding hydrogens is 222 g/mol. The van der Waals surface area contributed by atoms with Crippen LogP contribution < -0.4 is 5.32 Å². The summed E-state index contributed by atoms with van der Waals surface area (Å²) < 4.78 is 0. The molecular formula is C16H25NO. The number of rotatable bonds is 5. The van der Waals surface area contributed by atoms with Crippen LogP contribution in [0, 0.1) is 11.8 Å². The Morgan fingerprint density at radius 1 is 1.17 bits per heavy atom. The van der Waals surface area contributed by atoms with E-state index in [1.54, 1.807) is 0 Å². The van der Waals surface area contributed by atoms with E-state index in [4.69, 9.17) is 0 Å². The highest BCUT2D eigenvalue weighted by molar-refractivity contribution is 5.49. The Balaban J connectivity index is 1.97. The van der Waals surface area contributed by atoms with Crippen LogP contribution in [0.25, 0.3) is 0 Å². The molecule has 1 unspecified atom stereocenters. The van der Waals surface area contributed by atoms with Gasteiger partial charge in [0, 0.05) is 24.8 Å². The number of aliphatic hydroxyl groups is 1. The van der Waals surface area contributed by atoms with Crippen LogP contribution >= 0.6 is 0 Å². The first kappa shape index (κ1) is 13.4. The average molecular weight is 247 g/mol. The highest BCUT2D eigenvalue weighted by Gasteiger charge is 2.13. The van der Waals surface area contributed by atoms with Gasteiger partial charge in [-0.05, 0) is 54.9 Å². The molecule has 0 amide bonds. The smallest absolute Gasteiger partial charge is 0.0478 e. The Morgan fingerprint density at radius 3 is 2.56 bits per heavy atom. The summed E-state index contributed by atoms with van der Waals surface area (Å²) in [7, 11) is 0. The first-order valence-corrected chi connectivity index (χ1v) is 7.17. The number of nitrogens with one attached hydrogen (secondary N) is 1. The van der Waals surface area contributed by atoms with Crippen molar-refractivity contribution >= 4 is 5.69 Å². The SMILES string of the molecule is CC(C)C(CO)CNc1ccc2c(c1)CCCC2. The molecule has 2 nitrogen and oxygen atoms in total. The first-order valence-electron chi connectivity index (χ1n) is 7.17. The van der Waals surface area contributed by atoms with Crippen LogP contribution in [0.15, 0.2) is 18.2 Å². The number of benzene rings is 1. The fraction of sp³-hybridized carbons (Fsp3) is 0.625. The zero-order chi connectivity index (χ0) is 13.0. The van der Waals surface area contributed by atoms with Crippen molar-refractivity contribution in [2.75, 3.05) is 18.5 Å². The fourth-order valence-corrected chi connectivity index (χ4v) is 2.60. The molecule has 100 valence electrons. The zero-order valence-electron chi connectivity index (χ0n) is 11.6. The normalized spacial score (nSPS) is 16.4. The minimum Gasteiger partial charge on any atom is -0.396 e. The maximum Gasteiger partial charge on any atom is 0.0478 e. The Bertz CT molecular complexity index is 387. The lowest BCUT2D eigenvalue weighted by Crippen LogP contribution is -2.23. The van der Waals surface area contributed by atoms with Crippen molar-refractivity contribution in [2.24, 2.45) is 11.8 Å². The first-order chi connectivity index (χ1) is 8.70. The van der Waals surface area contributed by atoms with Crippen molar-refractivity contribution in [3.8, 4) is 0 Å². The number of fused-ring (bicyclic) bond motifs is 1. The maximum atomic E-state index is 9.33. The molecule has 2 rings (SSSR count). The van der Waals surface area contributed by atoms with E-state index in [2.05, 4.69) is 37.4 Å². The van der Waals surface area contributed by atoms with Crippen molar-refractivity contribution < 1.29 is 5.11 Å². The molecule has 0 radical (unpaired) electrons. The Morgan fingerprint density at radius 2 is 1.89 bits per heavy atom. The van der Waals surface area contributed by atoms with E-state index >= 15 is 0 Å². The van der Waals surface area contributed by atoms with E-state index in [1.807, 2.05) is 0 Å². The molecule has 1 aromatic rings. The van der Waals surface area contributed by atoms with Gasteiger partial charge in [-0.1, -0.05) is 19.9 Å². The van der Waals surface area contributed by atoms with Crippen molar-refractivity contribution in [3.05, 3.63) is 29.3 Å². The summed E-state index contributed by atoms with van der Waals surface area (Å²) in [5.74, 6) is 0.848. The summed E-state index contributed by atoms with van der Waals surface area (Å²) >= 11 is 0. The lowest BCUT2D eigenvalue weighted by Gasteiger charge is -2.21. The van der Waals surface area contributed by atoms with Crippen LogP contribution in [0.4, 0.5) is 5.69 Å². The van der Waals surface area contributed by atoms with Gasteiger partial charge in [0.05, 0.1) is 0 Å². The fourth-order valence-electron chi connectivity index (χ4n) is 2.60. The molecule has 0 saturated carbocycles.